The van der Waals surface area contributed by atoms with Gasteiger partial charge in [-0.25, -0.2) is 0 Å². The number of hydrogen-bond donors (Lipinski definition) is 1. The first kappa shape index (κ1) is 16.9. The Bertz CT molecular complexity index is 547. The van der Waals surface area contributed by atoms with Crippen molar-refractivity contribution in [1.82, 2.24) is 5.32 Å². The van der Waals surface area contributed by atoms with Gasteiger partial charge in [-0.15, -0.1) is 11.8 Å². The van der Waals surface area contributed by atoms with Gasteiger partial charge in [-0.05, 0) is 25.5 Å². The molecule has 2 amide bonds. The Morgan fingerprint density at radius 3 is 2.82 bits per heavy atom. The fourth-order valence-electron chi connectivity index (χ4n) is 2.43. The van der Waals surface area contributed by atoms with E-state index in [0.717, 1.165) is 17.0 Å². The molecule has 1 aromatic rings. The van der Waals surface area contributed by atoms with Crippen LogP contribution < -0.4 is 10.2 Å². The first-order chi connectivity index (χ1) is 10.5. The Kier molecular flexibility index (Phi) is 5.89. The maximum absolute atomic E-state index is 12.5. The molecule has 1 heterocycles. The van der Waals surface area contributed by atoms with E-state index in [1.165, 1.54) is 0 Å². The van der Waals surface area contributed by atoms with E-state index in [4.69, 9.17) is 0 Å². The van der Waals surface area contributed by atoms with Crippen molar-refractivity contribution in [2.24, 2.45) is 0 Å². The minimum atomic E-state index is -0.0459. The smallest absolute Gasteiger partial charge is 0.227 e. The molecule has 22 heavy (non-hydrogen) atoms. The summed E-state index contributed by atoms with van der Waals surface area (Å²) in [5, 5.41) is 3.27. The van der Waals surface area contributed by atoms with Crippen molar-refractivity contribution in [3.63, 3.8) is 0 Å². The van der Waals surface area contributed by atoms with Gasteiger partial charge in [-0.3, -0.25) is 9.59 Å². The van der Waals surface area contributed by atoms with Crippen LogP contribution in [0.3, 0.4) is 0 Å². The Morgan fingerprint density at radius 2 is 2.09 bits per heavy atom. The van der Waals surface area contributed by atoms with Crippen molar-refractivity contribution in [3.05, 3.63) is 24.3 Å². The van der Waals surface area contributed by atoms with E-state index < -0.39 is 0 Å². The number of nitrogens with zero attached hydrogens (tertiary/aromatic N) is 1. The lowest BCUT2D eigenvalue weighted by Crippen LogP contribution is -2.39. The second-order valence-corrected chi connectivity index (χ2v) is 7.26. The van der Waals surface area contributed by atoms with Gasteiger partial charge in [0.2, 0.25) is 11.8 Å². The van der Waals surface area contributed by atoms with Gasteiger partial charge < -0.3 is 10.2 Å². The highest BCUT2D eigenvalue weighted by molar-refractivity contribution is 8.00. The van der Waals surface area contributed by atoms with Gasteiger partial charge in [-0.2, -0.15) is 0 Å². The molecular weight excluding hydrogens is 296 g/mol. The van der Waals surface area contributed by atoms with Gasteiger partial charge >= 0.3 is 0 Å². The van der Waals surface area contributed by atoms with Gasteiger partial charge in [-0.1, -0.05) is 26.0 Å². The number of carbonyl (C=O) groups excluding carboxylic acids is 2. The molecule has 0 spiro atoms. The largest absolute Gasteiger partial charge is 0.354 e. The number of amides is 2. The van der Waals surface area contributed by atoms with Crippen LogP contribution in [0.25, 0.3) is 0 Å². The van der Waals surface area contributed by atoms with E-state index in [1.807, 2.05) is 43.0 Å². The molecule has 1 aliphatic rings. The molecule has 0 saturated carbocycles. The molecule has 0 fully saturated rings. The third-order valence-electron chi connectivity index (χ3n) is 3.81. The number of fused-ring (bicyclic) bond motifs is 1. The number of carbonyl (C=O) groups is 2. The summed E-state index contributed by atoms with van der Waals surface area (Å²) >= 11 is 1.80. The monoisotopic (exact) mass is 320 g/mol. The summed E-state index contributed by atoms with van der Waals surface area (Å²) in [6.45, 7) is 6.82. The van der Waals surface area contributed by atoms with E-state index in [1.54, 1.807) is 11.8 Å². The summed E-state index contributed by atoms with van der Waals surface area (Å²) < 4.78 is 0. The van der Waals surface area contributed by atoms with Crippen LogP contribution >= 0.6 is 11.8 Å². The van der Waals surface area contributed by atoms with Crippen molar-refractivity contribution < 1.29 is 9.59 Å². The molecule has 0 saturated heterocycles. The minimum Gasteiger partial charge on any atom is -0.354 e. The normalized spacial score (nSPS) is 18.5. The second kappa shape index (κ2) is 7.68. The molecule has 0 radical (unpaired) electrons. The van der Waals surface area contributed by atoms with Gasteiger partial charge in [0, 0.05) is 35.6 Å². The average molecular weight is 320 g/mol. The maximum atomic E-state index is 12.5. The standard InChI is InChI=1S/C17H24N2O2S/c1-4-12(2)18-16(20)9-10-17(21)19-11-13(3)22-15-8-6-5-7-14(15)19/h5-8,12-13H,4,9-11H2,1-3H3,(H,18,20)/t12-,13+/m1/s1. The van der Waals surface area contributed by atoms with Crippen LogP contribution in [0, 0.1) is 0 Å². The Morgan fingerprint density at radius 1 is 1.36 bits per heavy atom. The first-order valence-electron chi connectivity index (χ1n) is 7.86. The summed E-state index contributed by atoms with van der Waals surface area (Å²) in [4.78, 5) is 27.3. The van der Waals surface area contributed by atoms with E-state index in [9.17, 15) is 9.59 Å². The Balaban J connectivity index is 1.97. The summed E-state index contributed by atoms with van der Waals surface area (Å²) in [5.41, 5.74) is 0.970. The number of anilines is 1. The highest BCUT2D eigenvalue weighted by atomic mass is 32.2. The fourth-order valence-corrected chi connectivity index (χ4v) is 3.54. The van der Waals surface area contributed by atoms with Gasteiger partial charge in [0.15, 0.2) is 0 Å². The molecule has 2 atom stereocenters. The third kappa shape index (κ3) is 4.26. The summed E-state index contributed by atoms with van der Waals surface area (Å²) in [7, 11) is 0. The molecule has 0 unspecified atom stereocenters. The molecule has 0 bridgehead atoms. The highest BCUT2D eigenvalue weighted by Crippen LogP contribution is 2.38. The molecular formula is C17H24N2O2S. The zero-order valence-corrected chi connectivity index (χ0v) is 14.3. The number of thioether (sulfide) groups is 1. The van der Waals surface area contributed by atoms with Crippen LogP contribution in [0.2, 0.25) is 0 Å². The average Bonchev–Trinajstić information content (AvgIpc) is 2.51. The SMILES string of the molecule is CC[C@@H](C)NC(=O)CCC(=O)N1C[C@H](C)Sc2ccccc21. The van der Waals surface area contributed by atoms with E-state index >= 15 is 0 Å². The fraction of sp³-hybridized carbons (Fsp3) is 0.529. The lowest BCUT2D eigenvalue weighted by Gasteiger charge is -2.32. The number of rotatable bonds is 5. The number of nitrogens with one attached hydrogen (secondary N) is 1. The minimum absolute atomic E-state index is 0.0268. The molecule has 1 aliphatic heterocycles. The molecule has 0 aromatic heterocycles. The van der Waals surface area contributed by atoms with Crippen molar-refractivity contribution in [3.8, 4) is 0 Å². The van der Waals surface area contributed by atoms with E-state index in [2.05, 4.69) is 12.2 Å². The first-order valence-corrected chi connectivity index (χ1v) is 8.74. The molecule has 1 N–H and O–H groups in total. The van der Waals surface area contributed by atoms with Crippen molar-refractivity contribution in [1.29, 1.82) is 0 Å². The number of benzene rings is 1. The van der Waals surface area contributed by atoms with Crippen molar-refractivity contribution in [2.45, 2.75) is 56.2 Å². The zero-order valence-electron chi connectivity index (χ0n) is 13.5. The van der Waals surface area contributed by atoms with Gasteiger partial charge in [0.1, 0.15) is 0 Å². The van der Waals surface area contributed by atoms with E-state index in [-0.39, 0.29) is 30.7 Å². The van der Waals surface area contributed by atoms with Crippen LogP contribution in [0.5, 0.6) is 0 Å². The van der Waals surface area contributed by atoms with Crippen LogP contribution in [-0.4, -0.2) is 29.7 Å². The number of hydrogen-bond acceptors (Lipinski definition) is 3. The highest BCUT2D eigenvalue weighted by Gasteiger charge is 2.26. The molecule has 5 heteroatoms. The third-order valence-corrected chi connectivity index (χ3v) is 4.96. The topological polar surface area (TPSA) is 49.4 Å². The molecule has 4 nitrogen and oxygen atoms in total. The Hall–Kier alpha value is -1.49. The molecule has 120 valence electrons. The van der Waals surface area contributed by atoms with E-state index in [0.29, 0.717) is 11.8 Å². The zero-order chi connectivity index (χ0) is 16.1. The van der Waals surface area contributed by atoms with Gasteiger partial charge in [0.25, 0.3) is 0 Å². The quantitative estimate of drug-likeness (QED) is 0.906. The van der Waals surface area contributed by atoms with Crippen molar-refractivity contribution >= 4 is 29.3 Å². The van der Waals surface area contributed by atoms with Gasteiger partial charge in [0.05, 0.1) is 5.69 Å². The second-order valence-electron chi connectivity index (χ2n) is 5.78. The van der Waals surface area contributed by atoms with Crippen LogP contribution in [0.15, 0.2) is 29.2 Å². The maximum Gasteiger partial charge on any atom is 0.227 e. The Labute approximate surface area is 136 Å². The summed E-state index contributed by atoms with van der Waals surface area (Å²) in [6.07, 6.45) is 1.41. The molecule has 1 aromatic carbocycles. The lowest BCUT2D eigenvalue weighted by atomic mass is 10.2. The summed E-state index contributed by atoms with van der Waals surface area (Å²) in [5.74, 6) is -0.0191. The summed E-state index contributed by atoms with van der Waals surface area (Å²) in [6, 6.07) is 8.13. The molecule has 2 rings (SSSR count). The molecule has 0 aliphatic carbocycles. The van der Waals surface area contributed by atoms with Crippen LogP contribution in [0.1, 0.15) is 40.0 Å². The number of para-hydroxylation sites is 1. The van der Waals surface area contributed by atoms with Crippen LogP contribution in [0.4, 0.5) is 5.69 Å². The van der Waals surface area contributed by atoms with Crippen LogP contribution in [-0.2, 0) is 9.59 Å². The predicted octanol–water partition coefficient (Wildman–Crippen LogP) is 3.21. The van der Waals surface area contributed by atoms with Crippen molar-refractivity contribution in [2.75, 3.05) is 11.4 Å². The predicted molar refractivity (Wildman–Crippen MR) is 91.2 cm³/mol. The lowest BCUT2D eigenvalue weighted by molar-refractivity contribution is -0.125.